The summed E-state index contributed by atoms with van der Waals surface area (Å²) < 4.78 is 46.1. The Balaban J connectivity index is 1.93. The summed E-state index contributed by atoms with van der Waals surface area (Å²) in [6.07, 6.45) is 1.88. The fourth-order valence-electron chi connectivity index (χ4n) is 3.52. The monoisotopic (exact) mass is 437 g/mol. The average molecular weight is 438 g/mol. The second-order valence-corrected chi connectivity index (χ2v) is 6.86. The van der Waals surface area contributed by atoms with Gasteiger partial charge in [0, 0.05) is 28.7 Å². The highest BCUT2D eigenvalue weighted by atomic mass is 79.9. The molecule has 0 radical (unpaired) electrons. The lowest BCUT2D eigenvalue weighted by Gasteiger charge is -2.17. The summed E-state index contributed by atoms with van der Waals surface area (Å²) in [5.41, 5.74) is 10.9. The number of benzene rings is 1. The van der Waals surface area contributed by atoms with Gasteiger partial charge in [0.05, 0.1) is 21.9 Å². The van der Waals surface area contributed by atoms with E-state index in [0.717, 1.165) is 0 Å². The van der Waals surface area contributed by atoms with Crippen molar-refractivity contribution in [1.82, 2.24) is 9.38 Å². The highest BCUT2D eigenvalue weighted by molar-refractivity contribution is 9.10. The lowest BCUT2D eigenvalue weighted by Crippen LogP contribution is -2.08. The summed E-state index contributed by atoms with van der Waals surface area (Å²) >= 11 is 3.15. The van der Waals surface area contributed by atoms with E-state index in [1.165, 1.54) is 18.3 Å². The Kier molecular flexibility index (Phi) is 4.45. The summed E-state index contributed by atoms with van der Waals surface area (Å²) in [5.74, 6) is -0.844. The number of imidazole rings is 1. The number of fused-ring (bicyclic) bond motifs is 3. The maximum absolute atomic E-state index is 13.9. The highest BCUT2D eigenvalue weighted by Crippen LogP contribution is 2.48. The highest BCUT2D eigenvalue weighted by Gasteiger charge is 2.38. The maximum atomic E-state index is 13.9. The zero-order valence-electron chi connectivity index (χ0n) is 13.6. The molecule has 4 rings (SSSR count). The molecule has 2 heterocycles. The smallest absolute Gasteiger partial charge is 0.387 e. The second kappa shape index (κ2) is 6.79. The van der Waals surface area contributed by atoms with Crippen LogP contribution in [0.2, 0.25) is 0 Å². The molecule has 0 fully saturated rings. The number of alkyl halides is 2. The number of azide groups is 1. The van der Waals surface area contributed by atoms with E-state index in [0.29, 0.717) is 29.0 Å². The van der Waals surface area contributed by atoms with Gasteiger partial charge in [0.15, 0.2) is 0 Å². The number of hydrogen-bond acceptors (Lipinski definition) is 3. The van der Waals surface area contributed by atoms with Crippen LogP contribution in [0.3, 0.4) is 0 Å². The molecule has 10 heteroatoms. The van der Waals surface area contributed by atoms with Crippen LogP contribution in [0.5, 0.6) is 5.75 Å². The molecule has 0 saturated carbocycles. The fraction of sp³-hybridized carbons (Fsp3) is 0.235. The third-order valence-corrected chi connectivity index (χ3v) is 5.12. The van der Waals surface area contributed by atoms with E-state index in [1.807, 2.05) is 0 Å². The van der Waals surface area contributed by atoms with Crippen molar-refractivity contribution in [3.05, 3.63) is 74.2 Å². The third-order valence-electron chi connectivity index (χ3n) is 4.54. The topological polar surface area (TPSA) is 75.3 Å². The predicted molar refractivity (Wildman–Crippen MR) is 94.3 cm³/mol. The Labute approximate surface area is 159 Å². The largest absolute Gasteiger partial charge is 0.435 e. The molecule has 0 N–H and O–H groups in total. The van der Waals surface area contributed by atoms with Crippen LogP contribution in [0.4, 0.5) is 13.2 Å². The normalized spacial score (nSPS) is 18.6. The Morgan fingerprint density at radius 2 is 2.15 bits per heavy atom. The van der Waals surface area contributed by atoms with Crippen molar-refractivity contribution in [3.8, 4) is 5.75 Å². The van der Waals surface area contributed by atoms with Crippen molar-refractivity contribution < 1.29 is 17.9 Å². The predicted octanol–water partition coefficient (Wildman–Crippen LogP) is 5.72. The molecule has 1 aliphatic rings. The number of aromatic nitrogens is 2. The first-order valence-electron chi connectivity index (χ1n) is 7.94. The first-order chi connectivity index (χ1) is 13.0. The minimum atomic E-state index is -2.97. The van der Waals surface area contributed by atoms with Crippen LogP contribution in [0, 0.1) is 5.82 Å². The molecule has 1 aliphatic carbocycles. The van der Waals surface area contributed by atoms with E-state index < -0.39 is 24.4 Å². The number of pyridine rings is 1. The van der Waals surface area contributed by atoms with Crippen LogP contribution < -0.4 is 4.74 Å². The average Bonchev–Trinajstić information content (AvgIpc) is 3.14. The quantitative estimate of drug-likeness (QED) is 0.297. The van der Waals surface area contributed by atoms with Gasteiger partial charge in [-0.05, 0) is 33.9 Å². The van der Waals surface area contributed by atoms with Crippen LogP contribution in [-0.2, 0) is 0 Å². The molecule has 0 saturated heterocycles. The van der Waals surface area contributed by atoms with E-state index in [4.69, 9.17) is 5.53 Å². The third kappa shape index (κ3) is 3.00. The molecule has 27 heavy (non-hydrogen) atoms. The fourth-order valence-corrected chi connectivity index (χ4v) is 3.84. The summed E-state index contributed by atoms with van der Waals surface area (Å²) in [6.45, 7) is -2.97. The molecule has 2 atom stereocenters. The van der Waals surface area contributed by atoms with Crippen LogP contribution in [0.1, 0.15) is 35.3 Å². The van der Waals surface area contributed by atoms with Gasteiger partial charge in [-0.2, -0.15) is 8.78 Å². The Morgan fingerprint density at radius 3 is 2.89 bits per heavy atom. The van der Waals surface area contributed by atoms with Crippen molar-refractivity contribution in [2.24, 2.45) is 5.11 Å². The van der Waals surface area contributed by atoms with Gasteiger partial charge in [-0.15, -0.1) is 0 Å². The number of para-hydroxylation sites is 1. The van der Waals surface area contributed by atoms with Gasteiger partial charge in [-0.25, -0.2) is 9.37 Å². The zero-order chi connectivity index (χ0) is 19.1. The maximum Gasteiger partial charge on any atom is 0.387 e. The van der Waals surface area contributed by atoms with E-state index in [-0.39, 0.29) is 10.2 Å². The number of nitrogens with zero attached hydrogens (tertiary/aromatic N) is 5. The van der Waals surface area contributed by atoms with Crippen molar-refractivity contribution in [2.75, 3.05) is 0 Å². The molecule has 2 aromatic heterocycles. The summed E-state index contributed by atoms with van der Waals surface area (Å²) in [4.78, 5) is 7.27. The molecule has 0 unspecified atom stereocenters. The number of rotatable bonds is 4. The Morgan fingerprint density at radius 1 is 1.37 bits per heavy atom. The minimum absolute atomic E-state index is 0.0427. The Bertz CT molecular complexity index is 1080. The zero-order valence-corrected chi connectivity index (χ0v) is 15.1. The molecule has 0 spiro atoms. The van der Waals surface area contributed by atoms with Gasteiger partial charge in [0.25, 0.3) is 0 Å². The molecule has 1 aromatic carbocycles. The number of hydrogen-bond donors (Lipinski definition) is 0. The molecule has 0 bridgehead atoms. The van der Waals surface area contributed by atoms with E-state index in [2.05, 4.69) is 35.7 Å². The summed E-state index contributed by atoms with van der Waals surface area (Å²) in [6, 6.07) is 7.13. The van der Waals surface area contributed by atoms with Crippen LogP contribution in [0.15, 0.2) is 46.1 Å². The van der Waals surface area contributed by atoms with Gasteiger partial charge < -0.3 is 9.14 Å². The van der Waals surface area contributed by atoms with Crippen molar-refractivity contribution >= 4 is 21.6 Å². The van der Waals surface area contributed by atoms with Gasteiger partial charge in [0.2, 0.25) is 0 Å². The van der Waals surface area contributed by atoms with Gasteiger partial charge in [-0.3, -0.25) is 0 Å². The van der Waals surface area contributed by atoms with Crippen molar-refractivity contribution in [2.45, 2.75) is 25.0 Å². The summed E-state index contributed by atoms with van der Waals surface area (Å²) in [7, 11) is 0. The SMILES string of the molecule is [N-]=[N+]=N[C@@H]1C[C@H](c2ccccc2OC(F)F)c2c1nc1cc(F)c(Br)cn21. The van der Waals surface area contributed by atoms with Crippen LogP contribution >= 0.6 is 15.9 Å². The lowest BCUT2D eigenvalue weighted by molar-refractivity contribution is -0.0505. The van der Waals surface area contributed by atoms with Crippen molar-refractivity contribution in [3.63, 3.8) is 0 Å². The van der Waals surface area contributed by atoms with Crippen molar-refractivity contribution in [1.29, 1.82) is 0 Å². The number of halogens is 4. The molecule has 6 nitrogen and oxygen atoms in total. The Hall–Kier alpha value is -2.71. The minimum Gasteiger partial charge on any atom is -0.435 e. The number of ether oxygens (including phenoxy) is 1. The summed E-state index contributed by atoms with van der Waals surface area (Å²) in [5, 5.41) is 3.78. The van der Waals surface area contributed by atoms with Crippen LogP contribution in [0.25, 0.3) is 16.1 Å². The van der Waals surface area contributed by atoms with Crippen LogP contribution in [-0.4, -0.2) is 16.0 Å². The molecule has 0 aliphatic heterocycles. The molecule has 138 valence electrons. The van der Waals surface area contributed by atoms with Gasteiger partial charge in [0.1, 0.15) is 17.2 Å². The second-order valence-electron chi connectivity index (χ2n) is 6.01. The van der Waals surface area contributed by atoms with E-state index in [1.54, 1.807) is 22.6 Å². The first-order valence-corrected chi connectivity index (χ1v) is 8.73. The standard InChI is InChI=1S/C17H11BrF3N5O/c18-10-7-26-14(6-11(10)19)23-15-12(24-25-22)5-9(16(15)26)8-3-1-2-4-13(8)27-17(20)21/h1-4,6-7,9,12,17H,5H2/t9-,12-/m1/s1. The van der Waals surface area contributed by atoms with Gasteiger partial charge >= 0.3 is 6.61 Å². The van der Waals surface area contributed by atoms with E-state index in [9.17, 15) is 13.2 Å². The molecule has 3 aromatic rings. The van der Waals surface area contributed by atoms with E-state index >= 15 is 0 Å². The first kappa shape index (κ1) is 17.7. The molecular weight excluding hydrogens is 427 g/mol. The molecular formula is C17H11BrF3N5O. The van der Waals surface area contributed by atoms with Gasteiger partial charge in [-0.1, -0.05) is 23.3 Å². The molecule has 0 amide bonds. The lowest BCUT2D eigenvalue weighted by atomic mass is 9.95.